The van der Waals surface area contributed by atoms with Crippen molar-refractivity contribution < 1.29 is 0 Å². The Morgan fingerprint density at radius 3 is 2.24 bits per heavy atom. The molecule has 0 aliphatic rings. The van der Waals surface area contributed by atoms with Crippen LogP contribution in [0, 0.1) is 6.92 Å². The van der Waals surface area contributed by atoms with Gasteiger partial charge in [-0.2, -0.15) is 0 Å². The second-order valence-electron chi connectivity index (χ2n) is 6.13. The van der Waals surface area contributed by atoms with Gasteiger partial charge in [0.2, 0.25) is 0 Å². The third kappa shape index (κ3) is 5.23. The van der Waals surface area contributed by atoms with E-state index >= 15 is 0 Å². The van der Waals surface area contributed by atoms with Gasteiger partial charge in [-0.1, -0.05) is 65.7 Å². The average Bonchev–Trinajstić information content (AvgIpc) is 2.49. The highest BCUT2D eigenvalue weighted by molar-refractivity contribution is 5.25. The van der Waals surface area contributed by atoms with Crippen molar-refractivity contribution in [3.8, 4) is 0 Å². The Morgan fingerprint density at radius 2 is 1.62 bits per heavy atom. The van der Waals surface area contributed by atoms with E-state index in [1.807, 2.05) is 0 Å². The van der Waals surface area contributed by atoms with Crippen LogP contribution in [0.4, 0.5) is 0 Å². The summed E-state index contributed by atoms with van der Waals surface area (Å²) in [6.07, 6.45) is 4.68. The summed E-state index contributed by atoms with van der Waals surface area (Å²) in [6, 6.07) is 19.8. The first-order valence-corrected chi connectivity index (χ1v) is 7.90. The fourth-order valence-electron chi connectivity index (χ4n) is 2.72. The van der Waals surface area contributed by atoms with Gasteiger partial charge < -0.3 is 0 Å². The average molecular weight is 278 g/mol. The van der Waals surface area contributed by atoms with Crippen LogP contribution in [0.3, 0.4) is 0 Å². The van der Waals surface area contributed by atoms with Crippen LogP contribution in [0.25, 0.3) is 0 Å². The highest BCUT2D eigenvalue weighted by Crippen LogP contribution is 2.28. The molecule has 0 fully saturated rings. The van der Waals surface area contributed by atoms with Crippen LogP contribution in [0.2, 0.25) is 0 Å². The van der Waals surface area contributed by atoms with Gasteiger partial charge in [-0.25, -0.2) is 0 Å². The summed E-state index contributed by atoms with van der Waals surface area (Å²) in [5.74, 6) is 0.627. The van der Waals surface area contributed by atoms with E-state index in [-0.39, 0.29) is 0 Å². The van der Waals surface area contributed by atoms with Crippen LogP contribution in [-0.2, 0) is 6.42 Å². The maximum Gasteiger partial charge on any atom is -0.0156 e. The molecule has 2 rings (SSSR count). The summed E-state index contributed by atoms with van der Waals surface area (Å²) >= 11 is 0. The molecule has 110 valence electrons. The summed E-state index contributed by atoms with van der Waals surface area (Å²) in [6.45, 7) is 8.33. The quantitative estimate of drug-likeness (QED) is 0.539. The molecule has 1 atom stereocenters. The Kier molecular flexibility index (Phi) is 5.80. The lowest BCUT2D eigenvalue weighted by Crippen LogP contribution is -2.02. The first kappa shape index (κ1) is 15.6. The molecule has 0 saturated carbocycles. The van der Waals surface area contributed by atoms with Gasteiger partial charge in [0, 0.05) is 0 Å². The van der Waals surface area contributed by atoms with Gasteiger partial charge in [0.05, 0.1) is 0 Å². The third-order valence-electron chi connectivity index (χ3n) is 4.09. The molecule has 21 heavy (non-hydrogen) atoms. The Labute approximate surface area is 129 Å². The molecule has 0 heteroatoms. The number of benzene rings is 2. The third-order valence-corrected chi connectivity index (χ3v) is 4.09. The smallest absolute Gasteiger partial charge is 0.0156 e. The normalized spacial score (nSPS) is 12.1. The SMILES string of the molecule is C=C(C)CCC(CCc1ccccc1)c1ccc(C)cc1. The van der Waals surface area contributed by atoms with Gasteiger partial charge in [-0.15, -0.1) is 6.58 Å². The van der Waals surface area contributed by atoms with E-state index in [2.05, 4.69) is 75.0 Å². The molecule has 0 bridgehead atoms. The number of aryl methyl sites for hydroxylation is 2. The van der Waals surface area contributed by atoms with Crippen molar-refractivity contribution in [1.82, 2.24) is 0 Å². The fraction of sp³-hybridized carbons (Fsp3) is 0.333. The molecule has 0 nitrogen and oxygen atoms in total. The van der Waals surface area contributed by atoms with Gasteiger partial charge in [0.15, 0.2) is 0 Å². The standard InChI is InChI=1S/C21H26/c1-17(2)9-13-20(21-14-10-18(3)11-15-21)16-12-19-7-5-4-6-8-19/h4-8,10-11,14-15,20H,1,9,12-13,16H2,2-3H3. The van der Waals surface area contributed by atoms with Gasteiger partial charge in [-0.3, -0.25) is 0 Å². The Bertz CT molecular complexity index is 548. The number of hydrogen-bond acceptors (Lipinski definition) is 0. The predicted octanol–water partition coefficient (Wildman–Crippen LogP) is 6.07. The molecule has 0 saturated heterocycles. The molecule has 0 radical (unpaired) electrons. The van der Waals surface area contributed by atoms with Gasteiger partial charge in [0.25, 0.3) is 0 Å². The fourth-order valence-corrected chi connectivity index (χ4v) is 2.72. The highest BCUT2D eigenvalue weighted by atomic mass is 14.2. The first-order valence-electron chi connectivity index (χ1n) is 7.90. The Morgan fingerprint density at radius 1 is 0.952 bits per heavy atom. The van der Waals surface area contributed by atoms with Crippen molar-refractivity contribution in [2.24, 2.45) is 0 Å². The lowest BCUT2D eigenvalue weighted by Gasteiger charge is -2.18. The van der Waals surface area contributed by atoms with Crippen LogP contribution in [0.1, 0.15) is 48.8 Å². The Balaban J connectivity index is 2.04. The van der Waals surface area contributed by atoms with Crippen LogP contribution in [0.5, 0.6) is 0 Å². The van der Waals surface area contributed by atoms with Gasteiger partial charge in [0.1, 0.15) is 0 Å². The van der Waals surface area contributed by atoms with E-state index in [0.717, 1.165) is 12.8 Å². The van der Waals surface area contributed by atoms with Crippen molar-refractivity contribution in [2.45, 2.75) is 45.4 Å². The van der Waals surface area contributed by atoms with Crippen molar-refractivity contribution in [1.29, 1.82) is 0 Å². The number of allylic oxidation sites excluding steroid dienone is 1. The van der Waals surface area contributed by atoms with Gasteiger partial charge in [-0.05, 0) is 56.6 Å². The van der Waals surface area contributed by atoms with E-state index < -0.39 is 0 Å². The van der Waals surface area contributed by atoms with Gasteiger partial charge >= 0.3 is 0 Å². The molecule has 0 aliphatic carbocycles. The molecule has 0 aromatic heterocycles. The topological polar surface area (TPSA) is 0 Å². The summed E-state index contributed by atoms with van der Waals surface area (Å²) in [5, 5.41) is 0. The van der Waals surface area contributed by atoms with Crippen LogP contribution in [-0.4, -0.2) is 0 Å². The van der Waals surface area contributed by atoms with Crippen molar-refractivity contribution in [3.05, 3.63) is 83.4 Å². The maximum atomic E-state index is 4.05. The molecule has 0 heterocycles. The zero-order valence-electron chi connectivity index (χ0n) is 13.3. The van der Waals surface area contributed by atoms with E-state index in [4.69, 9.17) is 0 Å². The van der Waals surface area contributed by atoms with E-state index in [0.29, 0.717) is 5.92 Å². The molecular formula is C21H26. The molecule has 2 aromatic rings. The predicted molar refractivity (Wildman–Crippen MR) is 92.7 cm³/mol. The van der Waals surface area contributed by atoms with Crippen molar-refractivity contribution >= 4 is 0 Å². The van der Waals surface area contributed by atoms with Crippen molar-refractivity contribution in [3.63, 3.8) is 0 Å². The number of rotatable bonds is 7. The molecular weight excluding hydrogens is 252 g/mol. The minimum atomic E-state index is 0.627. The maximum absolute atomic E-state index is 4.05. The summed E-state index contributed by atoms with van der Waals surface area (Å²) in [5.41, 5.74) is 5.52. The molecule has 1 unspecified atom stereocenters. The van der Waals surface area contributed by atoms with Crippen LogP contribution >= 0.6 is 0 Å². The highest BCUT2D eigenvalue weighted by Gasteiger charge is 2.11. The lowest BCUT2D eigenvalue weighted by molar-refractivity contribution is 0.575. The second kappa shape index (κ2) is 7.83. The molecule has 0 N–H and O–H groups in total. The lowest BCUT2D eigenvalue weighted by atomic mass is 9.87. The van der Waals surface area contributed by atoms with Crippen LogP contribution < -0.4 is 0 Å². The number of hydrogen-bond donors (Lipinski definition) is 0. The minimum absolute atomic E-state index is 0.627. The van der Waals surface area contributed by atoms with Crippen LogP contribution in [0.15, 0.2) is 66.7 Å². The van der Waals surface area contributed by atoms with E-state index in [9.17, 15) is 0 Å². The zero-order valence-corrected chi connectivity index (χ0v) is 13.3. The Hall–Kier alpha value is -1.82. The monoisotopic (exact) mass is 278 g/mol. The summed E-state index contributed by atoms with van der Waals surface area (Å²) in [4.78, 5) is 0. The zero-order chi connectivity index (χ0) is 15.1. The molecule has 2 aromatic carbocycles. The summed E-state index contributed by atoms with van der Waals surface area (Å²) in [7, 11) is 0. The molecule has 0 aliphatic heterocycles. The van der Waals surface area contributed by atoms with E-state index in [1.54, 1.807) is 0 Å². The minimum Gasteiger partial charge on any atom is -0.100 e. The second-order valence-corrected chi connectivity index (χ2v) is 6.13. The van der Waals surface area contributed by atoms with Crippen molar-refractivity contribution in [2.75, 3.05) is 0 Å². The van der Waals surface area contributed by atoms with E-state index in [1.165, 1.54) is 35.1 Å². The largest absolute Gasteiger partial charge is 0.100 e. The summed E-state index contributed by atoms with van der Waals surface area (Å²) < 4.78 is 0. The molecule has 0 amide bonds. The first-order chi connectivity index (χ1) is 10.1. The molecule has 0 spiro atoms.